The monoisotopic (exact) mass is 363 g/mol. The van der Waals surface area contributed by atoms with Crippen LogP contribution in [-0.4, -0.2) is 20.8 Å². The van der Waals surface area contributed by atoms with Crippen LogP contribution in [0.25, 0.3) is 5.65 Å². The van der Waals surface area contributed by atoms with E-state index in [9.17, 15) is 4.79 Å². The molecule has 0 aliphatic heterocycles. The zero-order valence-corrected chi connectivity index (χ0v) is 16.8. The summed E-state index contributed by atoms with van der Waals surface area (Å²) in [6, 6.07) is 14.4. The molecule has 1 aromatic carbocycles. The summed E-state index contributed by atoms with van der Waals surface area (Å²) in [5.74, 6) is 0.545. The van der Waals surface area contributed by atoms with Gasteiger partial charge in [-0.1, -0.05) is 45.0 Å². The smallest absolute Gasteiger partial charge is 0.258 e. The fraction of sp³-hybridized carbons (Fsp3) is 0.391. The zero-order valence-electron chi connectivity index (χ0n) is 16.8. The predicted octanol–water partition coefficient (Wildman–Crippen LogP) is 4.54. The van der Waals surface area contributed by atoms with Gasteiger partial charge in [0.15, 0.2) is 0 Å². The molecule has 0 saturated carbocycles. The Labute approximate surface area is 161 Å². The molecule has 27 heavy (non-hydrogen) atoms. The van der Waals surface area contributed by atoms with Crippen LogP contribution in [0.3, 0.4) is 0 Å². The molecule has 0 amide bonds. The Balaban J connectivity index is 1.81. The largest absolute Gasteiger partial charge is 0.293 e. The number of aryl methyl sites for hydroxylation is 1. The van der Waals surface area contributed by atoms with Crippen molar-refractivity contribution in [1.29, 1.82) is 0 Å². The highest BCUT2D eigenvalue weighted by Crippen LogP contribution is 2.16. The standard InChI is InChI=1S/C23H29N3O/c1-5-11-25(15-19-6-8-20(9-7-19)17(2)3)16-21-14-23(27)26-12-10-18(4)13-22(26)24-21/h6-10,12-14,17H,5,11,15-16H2,1-4H3. The molecule has 2 aromatic heterocycles. The number of fused-ring (bicyclic) bond motifs is 1. The highest BCUT2D eigenvalue weighted by Gasteiger charge is 2.10. The molecule has 0 spiro atoms. The van der Waals surface area contributed by atoms with Gasteiger partial charge in [-0.05, 0) is 54.6 Å². The van der Waals surface area contributed by atoms with Gasteiger partial charge in [0.25, 0.3) is 5.56 Å². The minimum atomic E-state index is -0.0206. The Bertz CT molecular complexity index is 958. The van der Waals surface area contributed by atoms with Crippen LogP contribution >= 0.6 is 0 Å². The van der Waals surface area contributed by atoms with E-state index in [4.69, 9.17) is 4.98 Å². The average molecular weight is 364 g/mol. The maximum absolute atomic E-state index is 12.4. The summed E-state index contributed by atoms with van der Waals surface area (Å²) < 4.78 is 1.60. The molecule has 0 N–H and O–H groups in total. The zero-order chi connectivity index (χ0) is 19.4. The van der Waals surface area contributed by atoms with Crippen LogP contribution in [0, 0.1) is 6.92 Å². The van der Waals surface area contributed by atoms with Crippen LogP contribution in [0.15, 0.2) is 53.5 Å². The summed E-state index contributed by atoms with van der Waals surface area (Å²) in [6.45, 7) is 11.1. The van der Waals surface area contributed by atoms with E-state index in [1.165, 1.54) is 11.1 Å². The molecule has 3 aromatic rings. The lowest BCUT2D eigenvalue weighted by Gasteiger charge is -2.22. The van der Waals surface area contributed by atoms with E-state index in [0.29, 0.717) is 12.5 Å². The molecule has 3 rings (SSSR count). The third-order valence-corrected chi connectivity index (χ3v) is 4.85. The van der Waals surface area contributed by atoms with E-state index in [2.05, 4.69) is 49.9 Å². The Morgan fingerprint density at radius 2 is 1.81 bits per heavy atom. The summed E-state index contributed by atoms with van der Waals surface area (Å²) in [5.41, 5.74) is 5.29. The van der Waals surface area contributed by atoms with Gasteiger partial charge < -0.3 is 0 Å². The van der Waals surface area contributed by atoms with Gasteiger partial charge in [0.05, 0.1) is 5.69 Å². The molecular formula is C23H29N3O. The van der Waals surface area contributed by atoms with Gasteiger partial charge in [-0.3, -0.25) is 14.1 Å². The second-order valence-electron chi connectivity index (χ2n) is 7.62. The molecule has 4 heteroatoms. The summed E-state index contributed by atoms with van der Waals surface area (Å²) >= 11 is 0. The quantitative estimate of drug-likeness (QED) is 0.618. The van der Waals surface area contributed by atoms with Gasteiger partial charge in [-0.25, -0.2) is 4.98 Å². The molecule has 0 atom stereocenters. The van der Waals surface area contributed by atoms with Gasteiger partial charge in [0.2, 0.25) is 0 Å². The Morgan fingerprint density at radius 1 is 1.07 bits per heavy atom. The third kappa shape index (κ3) is 4.83. The molecular weight excluding hydrogens is 334 g/mol. The second-order valence-corrected chi connectivity index (χ2v) is 7.62. The molecule has 0 fully saturated rings. The highest BCUT2D eigenvalue weighted by atomic mass is 16.1. The topological polar surface area (TPSA) is 37.6 Å². The van der Waals surface area contributed by atoms with Crippen molar-refractivity contribution < 1.29 is 0 Å². The van der Waals surface area contributed by atoms with E-state index >= 15 is 0 Å². The Kier molecular flexibility index (Phi) is 6.07. The molecule has 0 aliphatic rings. The van der Waals surface area contributed by atoms with Crippen LogP contribution in [0.4, 0.5) is 0 Å². The lowest BCUT2D eigenvalue weighted by Crippen LogP contribution is -2.26. The van der Waals surface area contributed by atoms with Gasteiger partial charge >= 0.3 is 0 Å². The van der Waals surface area contributed by atoms with Gasteiger partial charge in [0.1, 0.15) is 5.65 Å². The van der Waals surface area contributed by atoms with Crippen molar-refractivity contribution in [3.8, 4) is 0 Å². The van der Waals surface area contributed by atoms with Crippen LogP contribution in [0.1, 0.15) is 55.5 Å². The van der Waals surface area contributed by atoms with Crippen LogP contribution < -0.4 is 5.56 Å². The van der Waals surface area contributed by atoms with Crippen molar-refractivity contribution in [1.82, 2.24) is 14.3 Å². The van der Waals surface area contributed by atoms with Crippen LogP contribution in [0.2, 0.25) is 0 Å². The number of rotatable bonds is 7. The molecule has 0 radical (unpaired) electrons. The SMILES string of the molecule is CCCN(Cc1ccc(C(C)C)cc1)Cc1cc(=O)n2ccc(C)cc2n1. The fourth-order valence-electron chi connectivity index (χ4n) is 3.36. The predicted molar refractivity (Wildman–Crippen MR) is 111 cm³/mol. The maximum atomic E-state index is 12.4. The molecule has 2 heterocycles. The molecule has 0 unspecified atom stereocenters. The lowest BCUT2D eigenvalue weighted by atomic mass is 10.0. The van der Waals surface area contributed by atoms with Crippen molar-refractivity contribution in [2.45, 2.75) is 53.1 Å². The summed E-state index contributed by atoms with van der Waals surface area (Å²) in [4.78, 5) is 19.5. The molecule has 4 nitrogen and oxygen atoms in total. The summed E-state index contributed by atoms with van der Waals surface area (Å²) in [7, 11) is 0. The molecule has 0 bridgehead atoms. The van der Waals surface area contributed by atoms with Crippen molar-refractivity contribution >= 4 is 5.65 Å². The highest BCUT2D eigenvalue weighted by molar-refractivity contribution is 5.41. The number of aromatic nitrogens is 2. The first kappa shape index (κ1) is 19.3. The minimum absolute atomic E-state index is 0.0206. The van der Waals surface area contributed by atoms with Crippen molar-refractivity contribution in [3.63, 3.8) is 0 Å². The number of pyridine rings is 1. The number of hydrogen-bond donors (Lipinski definition) is 0. The summed E-state index contributed by atoms with van der Waals surface area (Å²) in [5, 5.41) is 0. The van der Waals surface area contributed by atoms with Gasteiger partial charge in [-0.15, -0.1) is 0 Å². The first-order valence-corrected chi connectivity index (χ1v) is 9.76. The van der Waals surface area contributed by atoms with Crippen molar-refractivity contribution in [2.75, 3.05) is 6.54 Å². The van der Waals surface area contributed by atoms with Gasteiger partial charge in [-0.2, -0.15) is 0 Å². The third-order valence-electron chi connectivity index (χ3n) is 4.85. The van der Waals surface area contributed by atoms with Crippen LogP contribution in [0.5, 0.6) is 0 Å². The van der Waals surface area contributed by atoms with Gasteiger partial charge in [0, 0.05) is 25.4 Å². The van der Waals surface area contributed by atoms with E-state index in [1.54, 1.807) is 16.7 Å². The van der Waals surface area contributed by atoms with E-state index in [1.807, 2.05) is 19.1 Å². The first-order chi connectivity index (χ1) is 13.0. The first-order valence-electron chi connectivity index (χ1n) is 9.76. The van der Waals surface area contributed by atoms with Crippen molar-refractivity contribution in [2.24, 2.45) is 0 Å². The van der Waals surface area contributed by atoms with E-state index in [0.717, 1.165) is 36.4 Å². The normalized spacial score (nSPS) is 11.6. The van der Waals surface area contributed by atoms with Crippen molar-refractivity contribution in [3.05, 3.63) is 81.4 Å². The maximum Gasteiger partial charge on any atom is 0.258 e. The average Bonchev–Trinajstić information content (AvgIpc) is 2.62. The second kappa shape index (κ2) is 8.49. The molecule has 142 valence electrons. The minimum Gasteiger partial charge on any atom is -0.293 e. The lowest BCUT2D eigenvalue weighted by molar-refractivity contribution is 0.254. The number of hydrogen-bond acceptors (Lipinski definition) is 3. The summed E-state index contributed by atoms with van der Waals surface area (Å²) in [6.07, 6.45) is 2.86. The Hall–Kier alpha value is -2.46. The van der Waals surface area contributed by atoms with E-state index < -0.39 is 0 Å². The fourth-order valence-corrected chi connectivity index (χ4v) is 3.36. The molecule has 0 aliphatic carbocycles. The Morgan fingerprint density at radius 3 is 2.48 bits per heavy atom. The number of nitrogens with zero attached hydrogens (tertiary/aromatic N) is 3. The molecule has 0 saturated heterocycles. The van der Waals surface area contributed by atoms with Crippen LogP contribution in [-0.2, 0) is 13.1 Å². The number of benzene rings is 1. The van der Waals surface area contributed by atoms with E-state index in [-0.39, 0.29) is 5.56 Å².